The smallest absolute Gasteiger partial charge is 0.184 e. The molecule has 0 saturated heterocycles. The minimum absolute atomic E-state index is 0.128. The lowest BCUT2D eigenvalue weighted by atomic mass is 10.1. The maximum atomic E-state index is 11.3. The molecule has 0 radical (unpaired) electrons. The Bertz CT molecular complexity index is 317. The lowest BCUT2D eigenvalue weighted by molar-refractivity contribution is -0.112. The lowest BCUT2D eigenvalue weighted by Gasteiger charge is -2.00. The van der Waals surface area contributed by atoms with Gasteiger partial charge in [0, 0.05) is 12.0 Å². The predicted octanol–water partition coefficient (Wildman–Crippen LogP) is 1.84. The molecule has 1 aromatic carbocycles. The third-order valence-corrected chi connectivity index (χ3v) is 1.73. The monoisotopic (exact) mass is 177 g/mol. The number of nitrogens with zero attached hydrogens (tertiary/aromatic N) is 1. The third-order valence-electron chi connectivity index (χ3n) is 1.73. The second-order valence-corrected chi connectivity index (χ2v) is 2.59. The van der Waals surface area contributed by atoms with Crippen LogP contribution in [0.1, 0.15) is 18.9 Å². The van der Waals surface area contributed by atoms with Crippen molar-refractivity contribution in [2.45, 2.75) is 13.3 Å². The van der Waals surface area contributed by atoms with Gasteiger partial charge in [-0.1, -0.05) is 42.4 Å². The van der Waals surface area contributed by atoms with E-state index < -0.39 is 0 Å². The fraction of sp³-hybridized carbons (Fsp3) is 0.200. The number of hydrogen-bond acceptors (Lipinski definition) is 3. The second kappa shape index (κ2) is 4.40. The Balaban J connectivity index is 3.00. The van der Waals surface area contributed by atoms with Crippen molar-refractivity contribution < 1.29 is 10.0 Å². The van der Waals surface area contributed by atoms with E-state index in [1.807, 2.05) is 6.07 Å². The summed E-state index contributed by atoms with van der Waals surface area (Å²) >= 11 is 0. The number of oxime groups is 1. The molecular formula is C10H11NO2. The van der Waals surface area contributed by atoms with Gasteiger partial charge in [0.15, 0.2) is 11.5 Å². The minimum Gasteiger partial charge on any atom is -0.410 e. The molecule has 68 valence electrons. The number of Topliss-reactive ketones (excluding diaryl/α,β-unsaturated/α-hetero) is 1. The van der Waals surface area contributed by atoms with Gasteiger partial charge in [0.05, 0.1) is 0 Å². The van der Waals surface area contributed by atoms with Crippen LogP contribution < -0.4 is 0 Å². The van der Waals surface area contributed by atoms with Gasteiger partial charge in [0.2, 0.25) is 0 Å². The summed E-state index contributed by atoms with van der Waals surface area (Å²) in [6.07, 6.45) is 0.342. The van der Waals surface area contributed by atoms with Crippen LogP contribution in [0.5, 0.6) is 0 Å². The summed E-state index contributed by atoms with van der Waals surface area (Å²) in [5, 5.41) is 11.6. The van der Waals surface area contributed by atoms with Gasteiger partial charge in [-0.2, -0.15) is 0 Å². The van der Waals surface area contributed by atoms with E-state index in [2.05, 4.69) is 5.16 Å². The molecule has 1 aromatic rings. The van der Waals surface area contributed by atoms with Crippen molar-refractivity contribution in [3.05, 3.63) is 35.9 Å². The Labute approximate surface area is 76.7 Å². The molecule has 0 spiro atoms. The molecule has 0 aliphatic rings. The van der Waals surface area contributed by atoms with Crippen LogP contribution in [0.3, 0.4) is 0 Å². The Morgan fingerprint density at radius 3 is 2.46 bits per heavy atom. The average molecular weight is 177 g/mol. The number of rotatable bonds is 3. The highest BCUT2D eigenvalue weighted by Crippen LogP contribution is 2.03. The van der Waals surface area contributed by atoms with Crippen molar-refractivity contribution in [2.75, 3.05) is 0 Å². The summed E-state index contributed by atoms with van der Waals surface area (Å²) in [4.78, 5) is 11.3. The van der Waals surface area contributed by atoms with E-state index in [1.54, 1.807) is 31.2 Å². The van der Waals surface area contributed by atoms with Gasteiger partial charge in [-0.05, 0) is 0 Å². The number of benzene rings is 1. The van der Waals surface area contributed by atoms with E-state index in [4.69, 9.17) is 5.21 Å². The van der Waals surface area contributed by atoms with Gasteiger partial charge in [0.25, 0.3) is 0 Å². The Morgan fingerprint density at radius 1 is 1.38 bits per heavy atom. The van der Waals surface area contributed by atoms with E-state index in [-0.39, 0.29) is 11.5 Å². The Hall–Kier alpha value is -1.64. The van der Waals surface area contributed by atoms with Crippen molar-refractivity contribution in [1.82, 2.24) is 0 Å². The fourth-order valence-corrected chi connectivity index (χ4v) is 1.04. The molecule has 0 amide bonds. The average Bonchev–Trinajstić information content (AvgIpc) is 2.20. The Morgan fingerprint density at radius 2 is 2.00 bits per heavy atom. The summed E-state index contributed by atoms with van der Waals surface area (Å²) in [7, 11) is 0. The standard InChI is InChI=1S/C10H11NO2/c1-2-9(12)10(11-13)8-6-4-3-5-7-8/h3-7,13H,2H2,1H3. The normalized spacial score (nSPS) is 11.3. The highest BCUT2D eigenvalue weighted by atomic mass is 16.4. The molecule has 0 unspecified atom stereocenters. The number of hydrogen-bond donors (Lipinski definition) is 1. The number of ketones is 1. The summed E-state index contributed by atoms with van der Waals surface area (Å²) in [6.45, 7) is 1.73. The van der Waals surface area contributed by atoms with E-state index in [0.717, 1.165) is 0 Å². The summed E-state index contributed by atoms with van der Waals surface area (Å²) in [6, 6.07) is 8.91. The van der Waals surface area contributed by atoms with Gasteiger partial charge >= 0.3 is 0 Å². The number of carbonyl (C=O) groups excluding carboxylic acids is 1. The van der Waals surface area contributed by atoms with Crippen LogP contribution in [0.25, 0.3) is 0 Å². The molecule has 1 rings (SSSR count). The molecule has 0 aliphatic heterocycles. The Kier molecular flexibility index (Phi) is 3.20. The minimum atomic E-state index is -0.159. The molecule has 0 bridgehead atoms. The van der Waals surface area contributed by atoms with Crippen LogP contribution >= 0.6 is 0 Å². The molecule has 0 aliphatic carbocycles. The quantitative estimate of drug-likeness (QED) is 0.435. The van der Waals surface area contributed by atoms with Gasteiger partial charge in [-0.25, -0.2) is 0 Å². The molecule has 0 saturated carbocycles. The fourth-order valence-electron chi connectivity index (χ4n) is 1.04. The zero-order valence-electron chi connectivity index (χ0n) is 7.40. The topological polar surface area (TPSA) is 49.7 Å². The van der Waals surface area contributed by atoms with Crippen LogP contribution in [0.15, 0.2) is 35.5 Å². The molecule has 13 heavy (non-hydrogen) atoms. The highest BCUT2D eigenvalue weighted by molar-refractivity contribution is 6.45. The predicted molar refractivity (Wildman–Crippen MR) is 50.1 cm³/mol. The lowest BCUT2D eigenvalue weighted by Crippen LogP contribution is -2.14. The molecule has 0 fully saturated rings. The molecule has 1 N–H and O–H groups in total. The van der Waals surface area contributed by atoms with Crippen LogP contribution in [0.4, 0.5) is 0 Å². The van der Waals surface area contributed by atoms with E-state index in [9.17, 15) is 4.79 Å². The molecule has 0 heterocycles. The van der Waals surface area contributed by atoms with Crippen LogP contribution in [-0.2, 0) is 4.79 Å². The largest absolute Gasteiger partial charge is 0.410 e. The first-order chi connectivity index (χ1) is 6.29. The zero-order chi connectivity index (χ0) is 9.68. The van der Waals surface area contributed by atoms with Crippen LogP contribution in [0, 0.1) is 0 Å². The van der Waals surface area contributed by atoms with Crippen molar-refractivity contribution in [1.29, 1.82) is 0 Å². The molecule has 3 nitrogen and oxygen atoms in total. The van der Waals surface area contributed by atoms with Crippen molar-refractivity contribution in [3.63, 3.8) is 0 Å². The van der Waals surface area contributed by atoms with Gasteiger partial charge in [-0.15, -0.1) is 0 Å². The molecular weight excluding hydrogens is 166 g/mol. The van der Waals surface area contributed by atoms with Crippen LogP contribution in [-0.4, -0.2) is 16.7 Å². The molecule has 3 heteroatoms. The maximum absolute atomic E-state index is 11.3. The van der Waals surface area contributed by atoms with Crippen LogP contribution in [0.2, 0.25) is 0 Å². The van der Waals surface area contributed by atoms with Crippen molar-refractivity contribution in [3.8, 4) is 0 Å². The van der Waals surface area contributed by atoms with Gasteiger partial charge < -0.3 is 5.21 Å². The second-order valence-electron chi connectivity index (χ2n) is 2.59. The van der Waals surface area contributed by atoms with Gasteiger partial charge in [0.1, 0.15) is 0 Å². The first-order valence-corrected chi connectivity index (χ1v) is 4.10. The highest BCUT2D eigenvalue weighted by Gasteiger charge is 2.11. The first-order valence-electron chi connectivity index (χ1n) is 4.10. The van der Waals surface area contributed by atoms with E-state index >= 15 is 0 Å². The van der Waals surface area contributed by atoms with Gasteiger partial charge in [-0.3, -0.25) is 4.79 Å². The summed E-state index contributed by atoms with van der Waals surface area (Å²) in [5.74, 6) is -0.159. The van der Waals surface area contributed by atoms with E-state index in [1.165, 1.54) is 0 Å². The zero-order valence-corrected chi connectivity index (χ0v) is 7.40. The third kappa shape index (κ3) is 2.15. The molecule has 0 aromatic heterocycles. The summed E-state index contributed by atoms with van der Waals surface area (Å²) < 4.78 is 0. The number of carbonyl (C=O) groups is 1. The van der Waals surface area contributed by atoms with Crippen molar-refractivity contribution in [2.24, 2.45) is 5.16 Å². The SMILES string of the molecule is CCC(=O)C(=NO)c1ccccc1. The maximum Gasteiger partial charge on any atom is 0.184 e. The first kappa shape index (κ1) is 9.45. The molecule has 0 atom stereocenters. The van der Waals surface area contributed by atoms with E-state index in [0.29, 0.717) is 12.0 Å². The summed E-state index contributed by atoms with van der Waals surface area (Å²) in [5.41, 5.74) is 0.778. The van der Waals surface area contributed by atoms with Crippen molar-refractivity contribution >= 4 is 11.5 Å².